The van der Waals surface area contributed by atoms with E-state index in [1.54, 1.807) is 0 Å². The van der Waals surface area contributed by atoms with Gasteiger partial charge in [-0.15, -0.1) is 23.1 Å². The number of alkyl halides is 2. The molecule has 0 spiro atoms. The largest absolute Gasteiger partial charge is 0.481 e. The van der Waals surface area contributed by atoms with Crippen LogP contribution in [0.15, 0.2) is 57.2 Å². The van der Waals surface area contributed by atoms with Gasteiger partial charge in [-0.05, 0) is 23.8 Å². The fourth-order valence-electron chi connectivity index (χ4n) is 2.60. The van der Waals surface area contributed by atoms with Crippen LogP contribution in [-0.2, 0) is 21.6 Å². The van der Waals surface area contributed by atoms with Gasteiger partial charge in [0.25, 0.3) is 0 Å². The molecule has 170 valence electrons. The second-order valence-corrected chi connectivity index (χ2v) is 10.9. The Hall–Kier alpha value is -1.82. The van der Waals surface area contributed by atoms with Crippen molar-refractivity contribution in [3.05, 3.63) is 63.4 Å². The van der Waals surface area contributed by atoms with Gasteiger partial charge >= 0.3 is 19.2 Å². The average Bonchev–Trinajstić information content (AvgIpc) is 3.19. The van der Waals surface area contributed by atoms with E-state index in [0.29, 0.717) is 10.7 Å². The number of carboxylic acids is 1. The van der Waals surface area contributed by atoms with Gasteiger partial charge in [-0.25, -0.2) is 4.98 Å². The molecular weight excluding hydrogens is 549 g/mol. The molecule has 13 heteroatoms. The quantitative estimate of drug-likeness (QED) is 0.196. The number of anilines is 1. The Bertz CT molecular complexity index is 1170. The summed E-state index contributed by atoms with van der Waals surface area (Å²) in [6, 6.07) is 11.0. The van der Waals surface area contributed by atoms with Crippen LogP contribution in [0.5, 0.6) is 0 Å². The number of thioether (sulfide) groups is 1. The number of aliphatic carboxylic acids is 1. The molecule has 1 heterocycles. The number of carbonyl (C=O) groups is 1. The zero-order valence-corrected chi connectivity index (χ0v) is 20.1. The first-order chi connectivity index (χ1) is 15.0. The lowest BCUT2D eigenvalue weighted by atomic mass is 10.1. The zero-order valence-electron chi connectivity index (χ0n) is 16.0. The second-order valence-electron chi connectivity index (χ2n) is 6.50. The smallest absolute Gasteiger partial charge is 0.399 e. The molecule has 0 atom stereocenters. The van der Waals surface area contributed by atoms with Crippen molar-refractivity contribution in [3.63, 3.8) is 0 Å². The van der Waals surface area contributed by atoms with E-state index in [9.17, 15) is 18.1 Å². The molecule has 0 saturated carbocycles. The van der Waals surface area contributed by atoms with Crippen molar-refractivity contribution in [3.8, 4) is 11.3 Å². The summed E-state index contributed by atoms with van der Waals surface area (Å²) in [6.45, 7) is 0.262. The number of hydrogen-bond donors (Lipinski definition) is 4. The van der Waals surface area contributed by atoms with Crippen LogP contribution < -0.4 is 5.32 Å². The number of benzene rings is 2. The molecule has 0 aliphatic heterocycles. The van der Waals surface area contributed by atoms with Gasteiger partial charge in [0.1, 0.15) is 0 Å². The Morgan fingerprint density at radius 3 is 2.50 bits per heavy atom. The van der Waals surface area contributed by atoms with Gasteiger partial charge in [0.05, 0.1) is 11.4 Å². The predicted octanol–water partition coefficient (Wildman–Crippen LogP) is 5.59. The summed E-state index contributed by atoms with van der Waals surface area (Å²) in [4.78, 5) is 33.8. The summed E-state index contributed by atoms with van der Waals surface area (Å²) in [5.41, 5.74) is -2.87. The summed E-state index contributed by atoms with van der Waals surface area (Å²) < 4.78 is 38.8. The molecule has 0 radical (unpaired) electrons. The summed E-state index contributed by atoms with van der Waals surface area (Å²) in [6.07, 6.45) is 0. The van der Waals surface area contributed by atoms with E-state index in [1.165, 1.54) is 35.2 Å². The van der Waals surface area contributed by atoms with Crippen molar-refractivity contribution in [2.45, 2.75) is 17.1 Å². The molecule has 7 nitrogen and oxygen atoms in total. The maximum absolute atomic E-state index is 13.9. The van der Waals surface area contributed by atoms with Crippen LogP contribution in [0.4, 0.5) is 13.9 Å². The van der Waals surface area contributed by atoms with E-state index in [2.05, 4.69) is 26.2 Å². The fraction of sp³-hybridized carbons (Fsp3) is 0.158. The van der Waals surface area contributed by atoms with Gasteiger partial charge in [-0.2, -0.15) is 8.78 Å². The van der Waals surface area contributed by atoms with Crippen molar-refractivity contribution in [1.82, 2.24) is 4.98 Å². The van der Waals surface area contributed by atoms with Gasteiger partial charge in [0.2, 0.25) is 0 Å². The third kappa shape index (κ3) is 5.94. The van der Waals surface area contributed by atoms with Gasteiger partial charge in [0.15, 0.2) is 5.13 Å². The molecule has 0 saturated heterocycles. The molecule has 0 aliphatic rings. The molecule has 0 unspecified atom stereocenters. The lowest BCUT2D eigenvalue weighted by Gasteiger charge is -2.19. The first-order valence-corrected chi connectivity index (χ1v) is 13.1. The highest BCUT2D eigenvalue weighted by Gasteiger charge is 2.51. The Morgan fingerprint density at radius 2 is 1.91 bits per heavy atom. The molecule has 3 aromatic rings. The number of nitrogens with zero attached hydrogens (tertiary/aromatic N) is 1. The molecule has 2 aromatic carbocycles. The molecular formula is C19H16BrF2N2O5PS2. The minimum Gasteiger partial charge on any atom is -0.481 e. The Labute approximate surface area is 198 Å². The van der Waals surface area contributed by atoms with Crippen molar-refractivity contribution < 1.29 is 33.0 Å². The van der Waals surface area contributed by atoms with Gasteiger partial charge in [-0.1, -0.05) is 40.2 Å². The lowest BCUT2D eigenvalue weighted by molar-refractivity contribution is -0.133. The molecule has 0 aliphatic carbocycles. The molecule has 32 heavy (non-hydrogen) atoms. The molecule has 0 fully saturated rings. The van der Waals surface area contributed by atoms with Crippen LogP contribution in [0, 0.1) is 0 Å². The highest BCUT2D eigenvalue weighted by molar-refractivity contribution is 9.10. The Kier molecular flexibility index (Phi) is 7.74. The minimum atomic E-state index is -5.65. The monoisotopic (exact) mass is 564 g/mol. The fourth-order valence-corrected chi connectivity index (χ4v) is 5.28. The lowest BCUT2D eigenvalue weighted by Crippen LogP contribution is -2.14. The third-order valence-electron chi connectivity index (χ3n) is 4.18. The van der Waals surface area contributed by atoms with Crippen molar-refractivity contribution in [1.29, 1.82) is 0 Å². The summed E-state index contributed by atoms with van der Waals surface area (Å²) >= 11 is 5.54. The Morgan fingerprint density at radius 1 is 1.22 bits per heavy atom. The highest BCUT2D eigenvalue weighted by atomic mass is 79.9. The van der Waals surface area contributed by atoms with Gasteiger partial charge in [0, 0.05) is 32.4 Å². The first kappa shape index (κ1) is 24.8. The highest BCUT2D eigenvalue weighted by Crippen LogP contribution is 2.60. The number of rotatable bonds is 9. The zero-order chi connectivity index (χ0) is 23.5. The van der Waals surface area contributed by atoms with Crippen molar-refractivity contribution in [2.75, 3.05) is 11.1 Å². The molecule has 4 N–H and O–H groups in total. The number of nitrogens with one attached hydrogen (secondary N) is 1. The summed E-state index contributed by atoms with van der Waals surface area (Å²) in [7, 11) is -5.65. The van der Waals surface area contributed by atoms with E-state index in [4.69, 9.17) is 14.9 Å². The number of halogens is 3. The van der Waals surface area contributed by atoms with Crippen LogP contribution in [0.3, 0.4) is 0 Å². The van der Waals surface area contributed by atoms with Crippen LogP contribution in [0.1, 0.15) is 11.1 Å². The van der Waals surface area contributed by atoms with Crippen LogP contribution >= 0.6 is 46.6 Å². The van der Waals surface area contributed by atoms with Crippen molar-refractivity contribution >= 4 is 57.7 Å². The summed E-state index contributed by atoms with van der Waals surface area (Å²) in [5, 5.41) is 14.3. The maximum atomic E-state index is 13.9. The number of carboxylic acid groups (broad SMARTS) is 1. The predicted molar refractivity (Wildman–Crippen MR) is 123 cm³/mol. The molecule has 0 amide bonds. The molecule has 1 aromatic heterocycles. The third-order valence-corrected chi connectivity index (χ3v) is 7.61. The van der Waals surface area contributed by atoms with E-state index in [1.807, 2.05) is 29.6 Å². The summed E-state index contributed by atoms with van der Waals surface area (Å²) in [5.74, 6) is -0.899. The van der Waals surface area contributed by atoms with E-state index >= 15 is 0 Å². The molecule has 3 rings (SSSR count). The van der Waals surface area contributed by atoms with Crippen LogP contribution in [-0.4, -0.2) is 31.6 Å². The molecule has 0 bridgehead atoms. The van der Waals surface area contributed by atoms with Gasteiger partial charge < -0.3 is 20.2 Å². The van der Waals surface area contributed by atoms with E-state index in [-0.39, 0.29) is 16.8 Å². The first-order valence-electron chi connectivity index (χ1n) is 8.84. The number of thiazole rings is 1. The Balaban J connectivity index is 1.65. The second kappa shape index (κ2) is 9.98. The van der Waals surface area contributed by atoms with Crippen LogP contribution in [0.2, 0.25) is 0 Å². The standard InChI is InChI=1S/C19H16BrF2N2O5PS2/c20-15-7-11(1-6-14(15)19(21,22)30(27,28)29)8-23-18-24-16(9-32-18)12-2-4-13(5-3-12)31-10-17(25)26/h1-7,9H,8,10H2,(H,23,24)(H,25,26)(H2,27,28,29). The van der Waals surface area contributed by atoms with E-state index < -0.39 is 24.8 Å². The number of hydrogen-bond acceptors (Lipinski definition) is 6. The normalized spacial score (nSPS) is 12.0. The van der Waals surface area contributed by atoms with Crippen molar-refractivity contribution in [2.24, 2.45) is 0 Å². The number of aromatic nitrogens is 1. The average molecular weight is 565 g/mol. The minimum absolute atomic E-state index is 0.0157. The van der Waals surface area contributed by atoms with Gasteiger partial charge in [-0.3, -0.25) is 9.36 Å². The van der Waals surface area contributed by atoms with E-state index in [0.717, 1.165) is 22.2 Å². The van der Waals surface area contributed by atoms with Crippen LogP contribution in [0.25, 0.3) is 11.3 Å². The topological polar surface area (TPSA) is 120 Å². The maximum Gasteiger partial charge on any atom is 0.399 e. The SMILES string of the molecule is O=C(O)CSc1ccc(-c2csc(NCc3ccc(C(F)(F)P(=O)(O)O)c(Br)c3)n2)cc1.